The van der Waals surface area contributed by atoms with Gasteiger partial charge in [-0.05, 0) is 30.5 Å². The summed E-state index contributed by atoms with van der Waals surface area (Å²) in [4.78, 5) is 12.0. The van der Waals surface area contributed by atoms with Crippen LogP contribution in [-0.4, -0.2) is 19.2 Å². The summed E-state index contributed by atoms with van der Waals surface area (Å²) in [5.74, 6) is 0.705. The predicted octanol–water partition coefficient (Wildman–Crippen LogP) is 3.07. The van der Waals surface area contributed by atoms with Crippen molar-refractivity contribution in [2.75, 3.05) is 13.2 Å². The van der Waals surface area contributed by atoms with E-state index in [-0.39, 0.29) is 11.9 Å². The second-order valence-corrected chi connectivity index (χ2v) is 4.56. The molecular weight excluding hydrogens is 228 g/mol. The first-order valence-corrected chi connectivity index (χ1v) is 6.68. The van der Waals surface area contributed by atoms with Gasteiger partial charge >= 0.3 is 5.97 Å². The van der Waals surface area contributed by atoms with Gasteiger partial charge in [-0.1, -0.05) is 25.5 Å². The summed E-state index contributed by atoms with van der Waals surface area (Å²) in [6.45, 7) is 5.11. The van der Waals surface area contributed by atoms with Gasteiger partial charge in [0.05, 0.1) is 19.1 Å². The number of ether oxygens (including phenoxy) is 2. The van der Waals surface area contributed by atoms with Crippen molar-refractivity contribution in [3.8, 4) is 5.75 Å². The van der Waals surface area contributed by atoms with Crippen molar-refractivity contribution in [1.82, 2.24) is 0 Å². The Morgan fingerprint density at radius 1 is 1.44 bits per heavy atom. The molecule has 2 rings (SSSR count). The van der Waals surface area contributed by atoms with Gasteiger partial charge in [0.2, 0.25) is 0 Å². The van der Waals surface area contributed by atoms with E-state index in [2.05, 4.69) is 13.0 Å². The molecule has 1 aromatic rings. The van der Waals surface area contributed by atoms with Gasteiger partial charge in [0.25, 0.3) is 0 Å². The third kappa shape index (κ3) is 2.66. The largest absolute Gasteiger partial charge is 0.493 e. The summed E-state index contributed by atoms with van der Waals surface area (Å²) >= 11 is 0. The molecule has 0 N–H and O–H groups in total. The van der Waals surface area contributed by atoms with Gasteiger partial charge in [-0.15, -0.1) is 0 Å². The minimum Gasteiger partial charge on any atom is -0.493 e. The first kappa shape index (κ1) is 12.9. The van der Waals surface area contributed by atoms with Crippen molar-refractivity contribution in [3.63, 3.8) is 0 Å². The number of benzene rings is 1. The predicted molar refractivity (Wildman–Crippen MR) is 69.9 cm³/mol. The van der Waals surface area contributed by atoms with Crippen LogP contribution < -0.4 is 4.74 Å². The molecule has 0 aliphatic carbocycles. The van der Waals surface area contributed by atoms with E-state index < -0.39 is 0 Å². The molecule has 3 heteroatoms. The number of rotatable bonds is 5. The zero-order valence-electron chi connectivity index (χ0n) is 11.1. The highest BCUT2D eigenvalue weighted by Crippen LogP contribution is 2.31. The Kier molecular flexibility index (Phi) is 4.24. The lowest BCUT2D eigenvalue weighted by atomic mass is 9.93. The summed E-state index contributed by atoms with van der Waals surface area (Å²) < 4.78 is 10.6. The van der Waals surface area contributed by atoms with Gasteiger partial charge in [-0.2, -0.15) is 0 Å². The van der Waals surface area contributed by atoms with Gasteiger partial charge in [0, 0.05) is 6.42 Å². The minimum atomic E-state index is -0.138. The molecule has 3 nitrogen and oxygen atoms in total. The molecule has 1 heterocycles. The van der Waals surface area contributed by atoms with E-state index in [4.69, 9.17) is 9.47 Å². The fourth-order valence-electron chi connectivity index (χ4n) is 2.38. The van der Waals surface area contributed by atoms with Crippen molar-refractivity contribution in [3.05, 3.63) is 29.3 Å². The maximum absolute atomic E-state index is 12.0. The molecule has 0 radical (unpaired) electrons. The summed E-state index contributed by atoms with van der Waals surface area (Å²) in [7, 11) is 0. The third-order valence-corrected chi connectivity index (χ3v) is 3.26. The summed E-state index contributed by atoms with van der Waals surface area (Å²) in [5, 5.41) is 0. The molecule has 0 fully saturated rings. The Labute approximate surface area is 108 Å². The minimum absolute atomic E-state index is 0.113. The summed E-state index contributed by atoms with van der Waals surface area (Å²) in [6, 6.07) is 6.06. The maximum atomic E-state index is 12.0. The lowest BCUT2D eigenvalue weighted by Crippen LogP contribution is -2.16. The summed E-state index contributed by atoms with van der Waals surface area (Å²) in [5.41, 5.74) is 2.26. The number of carbonyl (C=O) groups is 1. The fourth-order valence-corrected chi connectivity index (χ4v) is 2.38. The highest BCUT2D eigenvalue weighted by Gasteiger charge is 2.23. The Morgan fingerprint density at radius 3 is 3.00 bits per heavy atom. The Hall–Kier alpha value is -1.51. The van der Waals surface area contributed by atoms with Crippen LogP contribution in [0.4, 0.5) is 0 Å². The molecule has 0 saturated heterocycles. The molecule has 1 atom stereocenters. The SMILES string of the molecule is CCCC(C(=O)OCC)c1ccc2c(c1)CCO2. The zero-order chi connectivity index (χ0) is 13.0. The number of hydrogen-bond donors (Lipinski definition) is 0. The van der Waals surface area contributed by atoms with Crippen LogP contribution in [-0.2, 0) is 16.0 Å². The van der Waals surface area contributed by atoms with E-state index in [0.717, 1.165) is 37.2 Å². The van der Waals surface area contributed by atoms with Crippen LogP contribution in [0, 0.1) is 0 Å². The molecule has 0 aromatic heterocycles. The van der Waals surface area contributed by atoms with E-state index in [1.165, 1.54) is 5.56 Å². The number of carbonyl (C=O) groups excluding carboxylic acids is 1. The molecule has 1 aliphatic heterocycles. The first-order chi connectivity index (χ1) is 8.76. The van der Waals surface area contributed by atoms with Gasteiger partial charge in [-0.3, -0.25) is 4.79 Å². The van der Waals surface area contributed by atoms with E-state index in [1.807, 2.05) is 19.1 Å². The van der Waals surface area contributed by atoms with Gasteiger partial charge < -0.3 is 9.47 Å². The lowest BCUT2D eigenvalue weighted by molar-refractivity contribution is -0.145. The molecule has 98 valence electrons. The number of fused-ring (bicyclic) bond motifs is 1. The second kappa shape index (κ2) is 5.89. The van der Waals surface area contributed by atoms with Crippen LogP contribution in [0.2, 0.25) is 0 Å². The lowest BCUT2D eigenvalue weighted by Gasteiger charge is -2.15. The average molecular weight is 248 g/mol. The quantitative estimate of drug-likeness (QED) is 0.751. The molecule has 1 aliphatic rings. The smallest absolute Gasteiger partial charge is 0.313 e. The first-order valence-electron chi connectivity index (χ1n) is 6.68. The van der Waals surface area contributed by atoms with E-state index >= 15 is 0 Å². The van der Waals surface area contributed by atoms with Crippen LogP contribution in [0.25, 0.3) is 0 Å². The molecule has 18 heavy (non-hydrogen) atoms. The highest BCUT2D eigenvalue weighted by atomic mass is 16.5. The average Bonchev–Trinajstić information content (AvgIpc) is 2.83. The van der Waals surface area contributed by atoms with Crippen LogP contribution in [0.5, 0.6) is 5.75 Å². The van der Waals surface area contributed by atoms with Crippen LogP contribution in [0.15, 0.2) is 18.2 Å². The van der Waals surface area contributed by atoms with Crippen LogP contribution >= 0.6 is 0 Å². The number of hydrogen-bond acceptors (Lipinski definition) is 3. The van der Waals surface area contributed by atoms with E-state index in [1.54, 1.807) is 0 Å². The Bertz CT molecular complexity index is 426. The highest BCUT2D eigenvalue weighted by molar-refractivity contribution is 5.78. The van der Waals surface area contributed by atoms with Crippen LogP contribution in [0.3, 0.4) is 0 Å². The number of esters is 1. The second-order valence-electron chi connectivity index (χ2n) is 4.56. The molecule has 1 unspecified atom stereocenters. The molecule has 0 saturated carbocycles. The van der Waals surface area contributed by atoms with Gasteiger partial charge in [0.1, 0.15) is 5.75 Å². The van der Waals surface area contributed by atoms with E-state index in [0.29, 0.717) is 6.61 Å². The van der Waals surface area contributed by atoms with Crippen molar-refractivity contribution in [1.29, 1.82) is 0 Å². The monoisotopic (exact) mass is 248 g/mol. The molecule has 1 aromatic carbocycles. The van der Waals surface area contributed by atoms with Crippen molar-refractivity contribution in [2.24, 2.45) is 0 Å². The van der Waals surface area contributed by atoms with E-state index in [9.17, 15) is 4.79 Å². The van der Waals surface area contributed by atoms with Crippen molar-refractivity contribution < 1.29 is 14.3 Å². The topological polar surface area (TPSA) is 35.5 Å². The van der Waals surface area contributed by atoms with Crippen LogP contribution in [0.1, 0.15) is 43.7 Å². The maximum Gasteiger partial charge on any atom is 0.313 e. The molecule has 0 bridgehead atoms. The van der Waals surface area contributed by atoms with Gasteiger partial charge in [-0.25, -0.2) is 0 Å². The zero-order valence-corrected chi connectivity index (χ0v) is 11.1. The third-order valence-electron chi connectivity index (χ3n) is 3.26. The Morgan fingerprint density at radius 2 is 2.28 bits per heavy atom. The normalized spacial score (nSPS) is 14.8. The molecule has 0 amide bonds. The molecular formula is C15H20O3. The van der Waals surface area contributed by atoms with Crippen molar-refractivity contribution >= 4 is 5.97 Å². The Balaban J connectivity index is 2.22. The fraction of sp³-hybridized carbons (Fsp3) is 0.533. The van der Waals surface area contributed by atoms with Crippen molar-refractivity contribution in [2.45, 2.75) is 39.0 Å². The van der Waals surface area contributed by atoms with Gasteiger partial charge in [0.15, 0.2) is 0 Å². The standard InChI is InChI=1S/C15H20O3/c1-3-5-13(15(16)17-4-2)11-6-7-14-12(10-11)8-9-18-14/h6-7,10,13H,3-5,8-9H2,1-2H3. The summed E-state index contributed by atoms with van der Waals surface area (Å²) in [6.07, 6.45) is 2.74. The molecule has 0 spiro atoms.